The van der Waals surface area contributed by atoms with Crippen molar-refractivity contribution in [2.45, 2.75) is 52.7 Å². The number of nitrogens with zero attached hydrogens (tertiary/aromatic N) is 2. The maximum atomic E-state index is 12.2. The summed E-state index contributed by atoms with van der Waals surface area (Å²) in [4.78, 5) is 16.4. The van der Waals surface area contributed by atoms with Gasteiger partial charge in [0.15, 0.2) is 0 Å². The van der Waals surface area contributed by atoms with Crippen LogP contribution in [0, 0.1) is 0 Å². The van der Waals surface area contributed by atoms with Gasteiger partial charge in [0, 0.05) is 38.8 Å². The van der Waals surface area contributed by atoms with Gasteiger partial charge in [-0.25, -0.2) is 4.79 Å². The van der Waals surface area contributed by atoms with Gasteiger partial charge < -0.3 is 19.9 Å². The Bertz CT molecular complexity index is 294. The van der Waals surface area contributed by atoms with E-state index < -0.39 is 5.60 Å². The number of piperazine rings is 1. The van der Waals surface area contributed by atoms with Crippen LogP contribution in [0.4, 0.5) is 4.79 Å². The third kappa shape index (κ3) is 6.57. The smallest absolute Gasteiger partial charge is 0.410 e. The lowest BCUT2D eigenvalue weighted by molar-refractivity contribution is 0.0182. The van der Waals surface area contributed by atoms with Gasteiger partial charge in [0.25, 0.3) is 0 Å². The lowest BCUT2D eigenvalue weighted by Gasteiger charge is -2.32. The average Bonchev–Trinajstić information content (AvgIpc) is 2.33. The lowest BCUT2D eigenvalue weighted by atomic mass is 10.2. The molecule has 0 aliphatic carbocycles. The molecule has 0 spiro atoms. The Kier molecular flexibility index (Phi) is 6.76. The van der Waals surface area contributed by atoms with E-state index in [1.165, 1.54) is 0 Å². The van der Waals surface area contributed by atoms with Crippen molar-refractivity contribution in [3.05, 3.63) is 0 Å². The highest BCUT2D eigenvalue weighted by atomic mass is 16.6. The van der Waals surface area contributed by atoms with E-state index in [1.807, 2.05) is 39.5 Å². The Morgan fingerprint density at radius 1 is 1.30 bits per heavy atom. The maximum absolute atomic E-state index is 12.2. The summed E-state index contributed by atoms with van der Waals surface area (Å²) < 4.78 is 5.47. The molecule has 5 heteroatoms. The monoisotopic (exact) mass is 285 g/mol. The van der Waals surface area contributed by atoms with Crippen molar-refractivity contribution in [1.29, 1.82) is 0 Å². The summed E-state index contributed by atoms with van der Waals surface area (Å²) in [5.74, 6) is 0. The Labute approximate surface area is 123 Å². The standard InChI is InChI=1S/C15H31N3O2/c1-13(2)18(14(19)20-15(3,4)5)10-6-9-17-11-7-16-8-12-17/h13,16H,6-12H2,1-5H3. The Balaban J connectivity index is 2.36. The van der Waals surface area contributed by atoms with Gasteiger partial charge in [-0.05, 0) is 47.6 Å². The lowest BCUT2D eigenvalue weighted by Crippen LogP contribution is -2.45. The molecule has 1 N–H and O–H groups in total. The first-order valence-electron chi connectivity index (χ1n) is 7.72. The first-order chi connectivity index (χ1) is 9.29. The van der Waals surface area contributed by atoms with Gasteiger partial charge in [0.05, 0.1) is 0 Å². The third-order valence-corrected chi connectivity index (χ3v) is 3.33. The summed E-state index contributed by atoms with van der Waals surface area (Å²) in [6.07, 6.45) is 0.796. The molecule has 1 aliphatic rings. The highest BCUT2D eigenvalue weighted by Gasteiger charge is 2.23. The minimum Gasteiger partial charge on any atom is -0.444 e. The molecule has 0 aromatic carbocycles. The number of ether oxygens (including phenoxy) is 1. The molecule has 1 heterocycles. The molecule has 5 nitrogen and oxygen atoms in total. The highest BCUT2D eigenvalue weighted by molar-refractivity contribution is 5.68. The minimum atomic E-state index is -0.428. The quantitative estimate of drug-likeness (QED) is 0.838. The summed E-state index contributed by atoms with van der Waals surface area (Å²) >= 11 is 0. The van der Waals surface area contributed by atoms with Crippen molar-refractivity contribution in [2.24, 2.45) is 0 Å². The van der Waals surface area contributed by atoms with Crippen molar-refractivity contribution in [2.75, 3.05) is 39.3 Å². The van der Waals surface area contributed by atoms with Crippen LogP contribution in [-0.4, -0.2) is 66.8 Å². The topological polar surface area (TPSA) is 44.8 Å². The molecule has 1 rings (SSSR count). The van der Waals surface area contributed by atoms with Crippen LogP contribution in [0.5, 0.6) is 0 Å². The van der Waals surface area contributed by atoms with Gasteiger partial charge in [-0.2, -0.15) is 0 Å². The van der Waals surface area contributed by atoms with E-state index in [1.54, 1.807) is 0 Å². The first-order valence-corrected chi connectivity index (χ1v) is 7.72. The van der Waals surface area contributed by atoms with E-state index in [0.29, 0.717) is 0 Å². The molecular formula is C15H31N3O2. The molecule has 0 aromatic heterocycles. The molecule has 0 saturated carbocycles. The number of rotatable bonds is 5. The van der Waals surface area contributed by atoms with Crippen LogP contribution < -0.4 is 5.32 Å². The number of hydrogen-bond acceptors (Lipinski definition) is 4. The van der Waals surface area contributed by atoms with E-state index in [9.17, 15) is 4.79 Å². The van der Waals surface area contributed by atoms with Crippen molar-refractivity contribution in [3.63, 3.8) is 0 Å². The molecule has 1 amide bonds. The predicted molar refractivity (Wildman–Crippen MR) is 82.0 cm³/mol. The number of carbonyl (C=O) groups is 1. The number of amides is 1. The Morgan fingerprint density at radius 3 is 2.40 bits per heavy atom. The summed E-state index contributed by atoms with van der Waals surface area (Å²) in [6, 6.07) is 0.174. The van der Waals surface area contributed by atoms with Crippen molar-refractivity contribution in [3.8, 4) is 0 Å². The molecule has 0 aromatic rings. The fourth-order valence-electron chi connectivity index (χ4n) is 2.28. The fourth-order valence-corrected chi connectivity index (χ4v) is 2.28. The minimum absolute atomic E-state index is 0.174. The second-order valence-electron chi connectivity index (χ2n) is 6.71. The number of carbonyl (C=O) groups excluding carboxylic acids is 1. The van der Waals surface area contributed by atoms with Crippen LogP contribution in [0.15, 0.2) is 0 Å². The van der Waals surface area contributed by atoms with Crippen LogP contribution >= 0.6 is 0 Å². The van der Waals surface area contributed by atoms with Crippen LogP contribution in [0.3, 0.4) is 0 Å². The molecule has 1 fully saturated rings. The van der Waals surface area contributed by atoms with Crippen LogP contribution in [0.1, 0.15) is 41.0 Å². The Hall–Kier alpha value is -0.810. The van der Waals surface area contributed by atoms with Crippen molar-refractivity contribution >= 4 is 6.09 Å². The van der Waals surface area contributed by atoms with E-state index in [0.717, 1.165) is 45.7 Å². The molecule has 118 valence electrons. The molecule has 1 aliphatic heterocycles. The van der Waals surface area contributed by atoms with E-state index in [4.69, 9.17) is 4.74 Å². The first kappa shape index (κ1) is 17.2. The summed E-state index contributed by atoms with van der Waals surface area (Å²) in [5, 5.41) is 3.35. The normalized spacial score (nSPS) is 17.3. The molecule has 1 saturated heterocycles. The molecule has 0 atom stereocenters. The van der Waals surface area contributed by atoms with Crippen LogP contribution in [-0.2, 0) is 4.74 Å². The Morgan fingerprint density at radius 2 is 1.90 bits per heavy atom. The van der Waals surface area contributed by atoms with Gasteiger partial charge in [-0.15, -0.1) is 0 Å². The molecule has 20 heavy (non-hydrogen) atoms. The summed E-state index contributed by atoms with van der Waals surface area (Å²) in [5.41, 5.74) is -0.428. The second kappa shape index (κ2) is 7.84. The van der Waals surface area contributed by atoms with E-state index >= 15 is 0 Å². The second-order valence-corrected chi connectivity index (χ2v) is 6.71. The molecule has 0 unspecified atom stereocenters. The van der Waals surface area contributed by atoms with Gasteiger partial charge >= 0.3 is 6.09 Å². The highest BCUT2D eigenvalue weighted by Crippen LogP contribution is 2.12. The molecular weight excluding hydrogens is 254 g/mol. The number of hydrogen-bond donors (Lipinski definition) is 1. The summed E-state index contributed by atoms with van der Waals surface area (Å²) in [7, 11) is 0. The number of nitrogens with one attached hydrogen (secondary N) is 1. The largest absolute Gasteiger partial charge is 0.444 e. The summed E-state index contributed by atoms with van der Waals surface area (Å²) in [6.45, 7) is 16.0. The zero-order valence-corrected chi connectivity index (χ0v) is 13.7. The van der Waals surface area contributed by atoms with Gasteiger partial charge in [-0.3, -0.25) is 0 Å². The van der Waals surface area contributed by atoms with Crippen LogP contribution in [0.25, 0.3) is 0 Å². The van der Waals surface area contributed by atoms with Crippen LogP contribution in [0.2, 0.25) is 0 Å². The van der Waals surface area contributed by atoms with Crippen molar-refractivity contribution in [1.82, 2.24) is 15.1 Å². The van der Waals surface area contributed by atoms with E-state index in [2.05, 4.69) is 10.2 Å². The molecule has 0 radical (unpaired) electrons. The zero-order chi connectivity index (χ0) is 15.2. The van der Waals surface area contributed by atoms with Crippen molar-refractivity contribution < 1.29 is 9.53 Å². The predicted octanol–water partition coefficient (Wildman–Crippen LogP) is 1.93. The molecule has 0 bridgehead atoms. The van der Waals surface area contributed by atoms with Gasteiger partial charge in [-0.1, -0.05) is 0 Å². The maximum Gasteiger partial charge on any atom is 0.410 e. The zero-order valence-electron chi connectivity index (χ0n) is 13.7. The van der Waals surface area contributed by atoms with Gasteiger partial charge in [0.1, 0.15) is 5.60 Å². The third-order valence-electron chi connectivity index (χ3n) is 3.33. The fraction of sp³-hybridized carbons (Fsp3) is 0.933. The average molecular weight is 285 g/mol. The van der Waals surface area contributed by atoms with E-state index in [-0.39, 0.29) is 12.1 Å². The van der Waals surface area contributed by atoms with Gasteiger partial charge in [0.2, 0.25) is 0 Å². The SMILES string of the molecule is CC(C)N(CCCN1CCNCC1)C(=O)OC(C)(C)C.